The Morgan fingerprint density at radius 3 is 2.76 bits per heavy atom. The van der Waals surface area contributed by atoms with Crippen molar-refractivity contribution in [3.8, 4) is 0 Å². The van der Waals surface area contributed by atoms with Gasteiger partial charge >= 0.3 is 0 Å². The standard InChI is InChI=1S/C16H21N3OS/c1-4-19-11-10-17-16(19)21-13(2)15(20)18(3)12-14-8-6-5-7-9-14/h5-11,13H,4,12H2,1-3H3. The highest BCUT2D eigenvalue weighted by molar-refractivity contribution is 8.00. The fourth-order valence-electron chi connectivity index (χ4n) is 2.11. The molecule has 0 radical (unpaired) electrons. The molecule has 1 aromatic carbocycles. The summed E-state index contributed by atoms with van der Waals surface area (Å²) in [5, 5.41) is 0.748. The summed E-state index contributed by atoms with van der Waals surface area (Å²) in [6.07, 6.45) is 3.71. The molecular weight excluding hydrogens is 282 g/mol. The molecule has 0 aliphatic rings. The summed E-state index contributed by atoms with van der Waals surface area (Å²) in [6, 6.07) is 10.0. The second-order valence-electron chi connectivity index (χ2n) is 4.94. The molecule has 1 amide bonds. The van der Waals surface area contributed by atoms with E-state index in [-0.39, 0.29) is 11.2 Å². The van der Waals surface area contributed by atoms with Crippen molar-refractivity contribution in [3.63, 3.8) is 0 Å². The molecule has 21 heavy (non-hydrogen) atoms. The molecule has 0 saturated heterocycles. The topological polar surface area (TPSA) is 38.1 Å². The molecule has 0 saturated carbocycles. The number of benzene rings is 1. The first-order valence-corrected chi connectivity index (χ1v) is 7.96. The van der Waals surface area contributed by atoms with Gasteiger partial charge in [0.1, 0.15) is 0 Å². The van der Waals surface area contributed by atoms with Crippen LogP contribution in [0.15, 0.2) is 47.9 Å². The van der Waals surface area contributed by atoms with E-state index in [1.165, 1.54) is 11.8 Å². The van der Waals surface area contributed by atoms with E-state index in [1.807, 2.05) is 55.1 Å². The van der Waals surface area contributed by atoms with Gasteiger partial charge in [0, 0.05) is 32.5 Å². The lowest BCUT2D eigenvalue weighted by Gasteiger charge is -2.21. The maximum absolute atomic E-state index is 12.4. The van der Waals surface area contributed by atoms with Crippen LogP contribution < -0.4 is 0 Å². The maximum Gasteiger partial charge on any atom is 0.235 e. The van der Waals surface area contributed by atoms with E-state index < -0.39 is 0 Å². The first-order chi connectivity index (χ1) is 10.1. The van der Waals surface area contributed by atoms with E-state index >= 15 is 0 Å². The number of hydrogen-bond donors (Lipinski definition) is 0. The fraction of sp³-hybridized carbons (Fsp3) is 0.375. The van der Waals surface area contributed by atoms with Gasteiger partial charge < -0.3 is 9.47 Å². The van der Waals surface area contributed by atoms with Crippen molar-refractivity contribution in [2.75, 3.05) is 7.05 Å². The summed E-state index contributed by atoms with van der Waals surface area (Å²) < 4.78 is 2.05. The maximum atomic E-state index is 12.4. The average molecular weight is 303 g/mol. The summed E-state index contributed by atoms with van der Waals surface area (Å²) in [6.45, 7) is 5.50. The summed E-state index contributed by atoms with van der Waals surface area (Å²) in [4.78, 5) is 18.5. The van der Waals surface area contributed by atoms with Gasteiger partial charge in [-0.1, -0.05) is 42.1 Å². The van der Waals surface area contributed by atoms with Crippen LogP contribution in [0, 0.1) is 0 Å². The number of thioether (sulfide) groups is 1. The van der Waals surface area contributed by atoms with Crippen molar-refractivity contribution < 1.29 is 4.79 Å². The number of aryl methyl sites for hydroxylation is 1. The number of nitrogens with zero attached hydrogens (tertiary/aromatic N) is 3. The van der Waals surface area contributed by atoms with Gasteiger partial charge in [0.15, 0.2) is 5.16 Å². The van der Waals surface area contributed by atoms with E-state index in [1.54, 1.807) is 11.1 Å². The number of rotatable bonds is 6. The predicted octanol–water partition coefficient (Wildman–Crippen LogP) is 3.04. The minimum absolute atomic E-state index is 0.120. The molecule has 1 atom stereocenters. The van der Waals surface area contributed by atoms with Crippen LogP contribution in [0.5, 0.6) is 0 Å². The Labute approximate surface area is 130 Å². The van der Waals surface area contributed by atoms with Crippen LogP contribution in [0.3, 0.4) is 0 Å². The summed E-state index contributed by atoms with van der Waals surface area (Å²) in [5.41, 5.74) is 1.14. The molecule has 0 bridgehead atoms. The molecule has 4 nitrogen and oxygen atoms in total. The Kier molecular flexibility index (Phi) is 5.44. The summed E-state index contributed by atoms with van der Waals surface area (Å²) in [7, 11) is 1.85. The Morgan fingerprint density at radius 2 is 2.10 bits per heavy atom. The van der Waals surface area contributed by atoms with Gasteiger partial charge in [0.05, 0.1) is 5.25 Å². The van der Waals surface area contributed by atoms with Gasteiger partial charge in [-0.15, -0.1) is 0 Å². The molecule has 0 aliphatic heterocycles. The van der Waals surface area contributed by atoms with Crippen LogP contribution in [0.1, 0.15) is 19.4 Å². The lowest BCUT2D eigenvalue weighted by Crippen LogP contribution is -2.32. The minimum atomic E-state index is -0.147. The van der Waals surface area contributed by atoms with Crippen molar-refractivity contribution in [1.82, 2.24) is 14.5 Å². The van der Waals surface area contributed by atoms with Gasteiger partial charge in [0.25, 0.3) is 0 Å². The number of carbonyl (C=O) groups excluding carboxylic acids is 1. The minimum Gasteiger partial charge on any atom is -0.340 e. The molecule has 5 heteroatoms. The zero-order valence-electron chi connectivity index (χ0n) is 12.7. The number of aromatic nitrogens is 2. The third-order valence-electron chi connectivity index (χ3n) is 3.29. The quantitative estimate of drug-likeness (QED) is 0.770. The summed E-state index contributed by atoms with van der Waals surface area (Å²) in [5.74, 6) is 0.120. The molecule has 2 aromatic rings. The van der Waals surface area contributed by atoms with Gasteiger partial charge in [-0.25, -0.2) is 4.98 Å². The first kappa shape index (κ1) is 15.6. The van der Waals surface area contributed by atoms with Crippen LogP contribution in [-0.2, 0) is 17.9 Å². The Hall–Kier alpha value is -1.75. The van der Waals surface area contributed by atoms with Gasteiger partial charge in [-0.3, -0.25) is 4.79 Å². The van der Waals surface area contributed by atoms with Crippen LogP contribution in [0.4, 0.5) is 0 Å². The number of hydrogen-bond acceptors (Lipinski definition) is 3. The largest absolute Gasteiger partial charge is 0.340 e. The fourth-order valence-corrected chi connectivity index (χ4v) is 3.15. The molecule has 0 fully saturated rings. The lowest BCUT2D eigenvalue weighted by molar-refractivity contribution is -0.129. The van der Waals surface area contributed by atoms with E-state index in [2.05, 4.69) is 11.9 Å². The molecule has 0 aliphatic carbocycles. The molecule has 2 rings (SSSR count). The van der Waals surface area contributed by atoms with Crippen LogP contribution >= 0.6 is 11.8 Å². The molecule has 1 aromatic heterocycles. The molecule has 0 spiro atoms. The Bertz CT molecular complexity index is 582. The van der Waals surface area contributed by atoms with Crippen molar-refractivity contribution in [2.45, 2.75) is 37.3 Å². The highest BCUT2D eigenvalue weighted by atomic mass is 32.2. The second-order valence-corrected chi connectivity index (χ2v) is 6.24. The third-order valence-corrected chi connectivity index (χ3v) is 4.39. The SMILES string of the molecule is CCn1ccnc1SC(C)C(=O)N(C)Cc1ccccc1. The van der Waals surface area contributed by atoms with Gasteiger partial charge in [0.2, 0.25) is 5.91 Å². The van der Waals surface area contributed by atoms with Gasteiger partial charge in [-0.2, -0.15) is 0 Å². The van der Waals surface area contributed by atoms with Crippen LogP contribution in [0.2, 0.25) is 0 Å². The number of carbonyl (C=O) groups is 1. The van der Waals surface area contributed by atoms with E-state index in [4.69, 9.17) is 0 Å². The van der Waals surface area contributed by atoms with E-state index in [0.717, 1.165) is 17.3 Å². The normalized spacial score (nSPS) is 12.1. The van der Waals surface area contributed by atoms with Crippen LogP contribution in [0.25, 0.3) is 0 Å². The third kappa shape index (κ3) is 4.11. The second kappa shape index (κ2) is 7.31. The van der Waals surface area contributed by atoms with Crippen molar-refractivity contribution in [2.24, 2.45) is 0 Å². The molecule has 1 unspecified atom stereocenters. The highest BCUT2D eigenvalue weighted by Gasteiger charge is 2.20. The molecule has 0 N–H and O–H groups in total. The van der Waals surface area contributed by atoms with Gasteiger partial charge in [-0.05, 0) is 19.4 Å². The number of amides is 1. The monoisotopic (exact) mass is 303 g/mol. The Balaban J connectivity index is 1.95. The zero-order valence-corrected chi connectivity index (χ0v) is 13.5. The smallest absolute Gasteiger partial charge is 0.235 e. The first-order valence-electron chi connectivity index (χ1n) is 7.08. The highest BCUT2D eigenvalue weighted by Crippen LogP contribution is 2.23. The lowest BCUT2D eigenvalue weighted by atomic mass is 10.2. The molecule has 112 valence electrons. The van der Waals surface area contributed by atoms with Crippen molar-refractivity contribution >= 4 is 17.7 Å². The van der Waals surface area contributed by atoms with Crippen molar-refractivity contribution in [3.05, 3.63) is 48.3 Å². The molecular formula is C16H21N3OS. The van der Waals surface area contributed by atoms with E-state index in [0.29, 0.717) is 6.54 Å². The Morgan fingerprint density at radius 1 is 1.38 bits per heavy atom. The number of imidazole rings is 1. The van der Waals surface area contributed by atoms with E-state index in [9.17, 15) is 4.79 Å². The predicted molar refractivity (Wildman–Crippen MR) is 86.1 cm³/mol. The zero-order chi connectivity index (χ0) is 15.2. The van der Waals surface area contributed by atoms with Crippen molar-refractivity contribution in [1.29, 1.82) is 0 Å². The average Bonchev–Trinajstić information content (AvgIpc) is 2.94. The molecule has 1 heterocycles. The summed E-state index contributed by atoms with van der Waals surface area (Å²) >= 11 is 1.51. The van der Waals surface area contributed by atoms with Crippen LogP contribution in [-0.4, -0.2) is 32.7 Å².